The molecule has 1 amide bonds. The Morgan fingerprint density at radius 2 is 1.90 bits per heavy atom. The largest absolute Gasteiger partial charge is 0.355 e. The number of unbranched alkanes of at least 4 members (excludes halogenated alkanes) is 2. The average Bonchev–Trinajstić information content (AvgIpc) is 2.50. The summed E-state index contributed by atoms with van der Waals surface area (Å²) in [6.07, 6.45) is 3.42. The van der Waals surface area contributed by atoms with E-state index in [0.29, 0.717) is 0 Å². The van der Waals surface area contributed by atoms with Gasteiger partial charge in [0.15, 0.2) is 0 Å². The van der Waals surface area contributed by atoms with Crippen LogP contribution >= 0.6 is 11.8 Å². The molecule has 1 atom stereocenters. The summed E-state index contributed by atoms with van der Waals surface area (Å²) >= 11 is 1.62. The van der Waals surface area contributed by atoms with Crippen LogP contribution in [-0.2, 0) is 11.3 Å². The highest BCUT2D eigenvalue weighted by Gasteiger charge is 2.13. The molecule has 118 valence electrons. The van der Waals surface area contributed by atoms with Gasteiger partial charge >= 0.3 is 0 Å². The minimum atomic E-state index is -0.0498. The highest BCUT2D eigenvalue weighted by molar-refractivity contribution is 8.00. The second kappa shape index (κ2) is 10.7. The van der Waals surface area contributed by atoms with Crippen molar-refractivity contribution in [1.82, 2.24) is 10.6 Å². The highest BCUT2D eigenvalue weighted by atomic mass is 32.2. The van der Waals surface area contributed by atoms with Crippen molar-refractivity contribution in [2.75, 3.05) is 13.1 Å². The number of carbonyl (C=O) groups excluding carboxylic acids is 1. The number of thioether (sulfide) groups is 1. The lowest BCUT2D eigenvalue weighted by Gasteiger charge is -2.12. The summed E-state index contributed by atoms with van der Waals surface area (Å²) in [6.45, 7) is 8.90. The van der Waals surface area contributed by atoms with E-state index in [1.54, 1.807) is 11.8 Å². The molecular formula is C17H28N2OS. The maximum atomic E-state index is 12.0. The van der Waals surface area contributed by atoms with Gasteiger partial charge in [0.05, 0.1) is 5.25 Å². The zero-order chi connectivity index (χ0) is 15.5. The van der Waals surface area contributed by atoms with Crippen LogP contribution in [0.3, 0.4) is 0 Å². The molecule has 1 rings (SSSR count). The molecule has 21 heavy (non-hydrogen) atoms. The molecule has 0 aliphatic rings. The lowest BCUT2D eigenvalue weighted by molar-refractivity contribution is -0.120. The molecule has 1 unspecified atom stereocenters. The first kappa shape index (κ1) is 18.1. The van der Waals surface area contributed by atoms with E-state index in [1.165, 1.54) is 18.4 Å². The molecule has 0 radical (unpaired) electrons. The predicted octanol–water partition coefficient (Wildman–Crippen LogP) is 3.58. The Bertz CT molecular complexity index is 406. The third-order valence-electron chi connectivity index (χ3n) is 3.26. The van der Waals surface area contributed by atoms with Crippen molar-refractivity contribution < 1.29 is 4.79 Å². The Morgan fingerprint density at radius 3 is 2.52 bits per heavy atom. The Labute approximate surface area is 133 Å². The number of hydrogen-bond acceptors (Lipinski definition) is 3. The Hall–Kier alpha value is -1.00. The number of amides is 1. The van der Waals surface area contributed by atoms with Gasteiger partial charge in [0.2, 0.25) is 5.91 Å². The third-order valence-corrected chi connectivity index (χ3v) is 4.38. The summed E-state index contributed by atoms with van der Waals surface area (Å²) in [5.74, 6) is 0.132. The Kier molecular flexibility index (Phi) is 9.19. The fraction of sp³-hybridized carbons (Fsp3) is 0.588. The zero-order valence-electron chi connectivity index (χ0n) is 13.4. The maximum Gasteiger partial charge on any atom is 0.233 e. The van der Waals surface area contributed by atoms with Gasteiger partial charge in [-0.1, -0.05) is 38.8 Å². The Morgan fingerprint density at radius 1 is 1.19 bits per heavy atom. The van der Waals surface area contributed by atoms with Crippen molar-refractivity contribution in [2.45, 2.75) is 56.7 Å². The lowest BCUT2D eigenvalue weighted by Crippen LogP contribution is -2.31. The number of benzene rings is 1. The van der Waals surface area contributed by atoms with Crippen molar-refractivity contribution in [3.63, 3.8) is 0 Å². The summed E-state index contributed by atoms with van der Waals surface area (Å²) in [6, 6.07) is 8.43. The molecule has 0 aliphatic heterocycles. The smallest absolute Gasteiger partial charge is 0.233 e. The molecule has 1 aromatic rings. The molecule has 0 saturated carbocycles. The fourth-order valence-electron chi connectivity index (χ4n) is 1.94. The molecule has 2 N–H and O–H groups in total. The molecule has 3 nitrogen and oxygen atoms in total. The van der Waals surface area contributed by atoms with Gasteiger partial charge in [-0.2, -0.15) is 0 Å². The van der Waals surface area contributed by atoms with E-state index in [2.05, 4.69) is 48.7 Å². The molecule has 0 aromatic heterocycles. The van der Waals surface area contributed by atoms with Crippen LogP contribution in [0.2, 0.25) is 0 Å². The van der Waals surface area contributed by atoms with Gasteiger partial charge in [-0.25, -0.2) is 0 Å². The van der Waals surface area contributed by atoms with Gasteiger partial charge in [-0.3, -0.25) is 4.79 Å². The molecule has 4 heteroatoms. The number of carbonyl (C=O) groups is 1. The van der Waals surface area contributed by atoms with Gasteiger partial charge in [-0.05, 0) is 37.6 Å². The average molecular weight is 308 g/mol. The van der Waals surface area contributed by atoms with Crippen LogP contribution in [0.1, 0.15) is 45.6 Å². The normalized spacial score (nSPS) is 12.1. The van der Waals surface area contributed by atoms with Crippen molar-refractivity contribution >= 4 is 17.7 Å². The minimum absolute atomic E-state index is 0.0498. The molecular weight excluding hydrogens is 280 g/mol. The summed E-state index contributed by atoms with van der Waals surface area (Å²) < 4.78 is 0. The van der Waals surface area contributed by atoms with Gasteiger partial charge in [-0.15, -0.1) is 11.8 Å². The zero-order valence-corrected chi connectivity index (χ0v) is 14.3. The van der Waals surface area contributed by atoms with E-state index < -0.39 is 0 Å². The van der Waals surface area contributed by atoms with Gasteiger partial charge in [0.1, 0.15) is 0 Å². The van der Waals surface area contributed by atoms with E-state index in [0.717, 1.165) is 31.0 Å². The molecule has 0 spiro atoms. The van der Waals surface area contributed by atoms with Crippen molar-refractivity contribution in [3.05, 3.63) is 29.8 Å². The van der Waals surface area contributed by atoms with Gasteiger partial charge in [0, 0.05) is 18.0 Å². The molecule has 0 bridgehead atoms. The van der Waals surface area contributed by atoms with Crippen LogP contribution in [0.5, 0.6) is 0 Å². The summed E-state index contributed by atoms with van der Waals surface area (Å²) in [7, 11) is 0. The monoisotopic (exact) mass is 308 g/mol. The topological polar surface area (TPSA) is 41.1 Å². The van der Waals surface area contributed by atoms with Crippen molar-refractivity contribution in [1.29, 1.82) is 0 Å². The standard InChI is InChI=1S/C17H28N2OS/c1-4-6-7-12-19-17(20)14(3)21-16-10-8-15(9-11-16)13-18-5-2/h8-11,14,18H,4-7,12-13H2,1-3H3,(H,19,20). The lowest BCUT2D eigenvalue weighted by atomic mass is 10.2. The first-order valence-electron chi connectivity index (χ1n) is 7.91. The molecule has 0 fully saturated rings. The van der Waals surface area contributed by atoms with E-state index in [9.17, 15) is 4.79 Å². The third kappa shape index (κ3) is 7.53. The molecule has 0 saturated heterocycles. The van der Waals surface area contributed by atoms with Crippen molar-refractivity contribution in [2.24, 2.45) is 0 Å². The second-order valence-electron chi connectivity index (χ2n) is 5.18. The van der Waals surface area contributed by atoms with Crippen LogP contribution in [0.25, 0.3) is 0 Å². The molecule has 0 aliphatic carbocycles. The van der Waals surface area contributed by atoms with E-state index in [4.69, 9.17) is 0 Å². The molecule has 0 heterocycles. The van der Waals surface area contributed by atoms with E-state index in [1.807, 2.05) is 6.92 Å². The number of rotatable bonds is 10. The quantitative estimate of drug-likeness (QED) is 0.513. The first-order chi connectivity index (χ1) is 10.2. The first-order valence-corrected chi connectivity index (χ1v) is 8.79. The van der Waals surface area contributed by atoms with Gasteiger partial charge < -0.3 is 10.6 Å². The Balaban J connectivity index is 2.35. The fourth-order valence-corrected chi connectivity index (χ4v) is 2.84. The van der Waals surface area contributed by atoms with Crippen LogP contribution in [0, 0.1) is 0 Å². The summed E-state index contributed by atoms with van der Waals surface area (Å²) in [4.78, 5) is 13.1. The van der Waals surface area contributed by atoms with Crippen LogP contribution in [0.4, 0.5) is 0 Å². The van der Waals surface area contributed by atoms with Gasteiger partial charge in [0.25, 0.3) is 0 Å². The van der Waals surface area contributed by atoms with Crippen LogP contribution in [0.15, 0.2) is 29.2 Å². The maximum absolute atomic E-state index is 12.0. The van der Waals surface area contributed by atoms with E-state index >= 15 is 0 Å². The van der Waals surface area contributed by atoms with Crippen LogP contribution < -0.4 is 10.6 Å². The second-order valence-corrected chi connectivity index (χ2v) is 6.60. The van der Waals surface area contributed by atoms with E-state index in [-0.39, 0.29) is 11.2 Å². The molecule has 1 aromatic carbocycles. The predicted molar refractivity (Wildman–Crippen MR) is 91.7 cm³/mol. The number of hydrogen-bond donors (Lipinski definition) is 2. The van der Waals surface area contributed by atoms with Crippen LogP contribution in [-0.4, -0.2) is 24.2 Å². The minimum Gasteiger partial charge on any atom is -0.355 e. The SMILES string of the molecule is CCCCCNC(=O)C(C)Sc1ccc(CNCC)cc1. The highest BCUT2D eigenvalue weighted by Crippen LogP contribution is 2.23. The van der Waals surface area contributed by atoms with Crippen molar-refractivity contribution in [3.8, 4) is 0 Å². The summed E-state index contributed by atoms with van der Waals surface area (Å²) in [5.41, 5.74) is 1.28. The summed E-state index contributed by atoms with van der Waals surface area (Å²) in [5, 5.41) is 6.26. The number of nitrogens with one attached hydrogen (secondary N) is 2.